The average molecular weight is 424 g/mol. The third-order valence-corrected chi connectivity index (χ3v) is 4.33. The highest BCUT2D eigenvalue weighted by atomic mass is 16.5. The van der Waals surface area contributed by atoms with Crippen LogP contribution < -0.4 is 15.4 Å². The van der Waals surface area contributed by atoms with Crippen LogP contribution in [0.3, 0.4) is 0 Å². The lowest BCUT2D eigenvalue weighted by molar-refractivity contribution is 0.0831. The number of ether oxygens (including phenoxy) is 2. The average Bonchev–Trinajstić information content (AvgIpc) is 2.75. The maximum atomic E-state index is 9.91. The first-order valence-corrected chi connectivity index (χ1v) is 10.0. The van der Waals surface area contributed by atoms with Gasteiger partial charge in [-0.15, -0.1) is 0 Å². The van der Waals surface area contributed by atoms with Crippen molar-refractivity contribution in [3.8, 4) is 5.75 Å². The minimum atomic E-state index is -0.539. The molecular formula is C23H29N5O3. The second-order valence-electron chi connectivity index (χ2n) is 7.37. The van der Waals surface area contributed by atoms with Crippen LogP contribution in [0.25, 0.3) is 0 Å². The number of hydrogen-bond acceptors (Lipinski definition) is 8. The van der Waals surface area contributed by atoms with Gasteiger partial charge in [0.05, 0.1) is 6.61 Å². The van der Waals surface area contributed by atoms with Crippen LogP contribution in [0.2, 0.25) is 0 Å². The summed E-state index contributed by atoms with van der Waals surface area (Å²) < 4.78 is 10.9. The normalized spacial score (nSPS) is 11.9. The molecule has 1 aromatic heterocycles. The topological polar surface area (TPSA) is 91.8 Å². The highest BCUT2D eigenvalue weighted by Gasteiger charge is 2.09. The van der Waals surface area contributed by atoms with Crippen LogP contribution in [0.15, 0.2) is 60.8 Å². The third-order valence-electron chi connectivity index (χ3n) is 4.33. The van der Waals surface area contributed by atoms with Gasteiger partial charge in [-0.3, -0.25) is 0 Å². The van der Waals surface area contributed by atoms with Crippen molar-refractivity contribution in [3.63, 3.8) is 0 Å². The maximum Gasteiger partial charge on any atom is 0.229 e. The minimum Gasteiger partial charge on any atom is -0.491 e. The second-order valence-corrected chi connectivity index (χ2v) is 7.37. The first kappa shape index (κ1) is 22.5. The van der Waals surface area contributed by atoms with Crippen LogP contribution in [0.4, 0.5) is 23.1 Å². The number of nitrogens with zero attached hydrogens (tertiary/aromatic N) is 3. The van der Waals surface area contributed by atoms with Gasteiger partial charge in [0.25, 0.3) is 0 Å². The summed E-state index contributed by atoms with van der Waals surface area (Å²) in [7, 11) is 5.46. The van der Waals surface area contributed by atoms with E-state index in [9.17, 15) is 5.11 Å². The fourth-order valence-corrected chi connectivity index (χ4v) is 2.92. The number of aliphatic hydroxyl groups excluding tert-OH is 1. The molecule has 31 heavy (non-hydrogen) atoms. The van der Waals surface area contributed by atoms with E-state index in [0.717, 1.165) is 16.9 Å². The molecule has 0 saturated heterocycles. The summed E-state index contributed by atoms with van der Waals surface area (Å²) in [6.45, 7) is 1.19. The Morgan fingerprint density at radius 2 is 1.71 bits per heavy atom. The predicted molar refractivity (Wildman–Crippen MR) is 122 cm³/mol. The van der Waals surface area contributed by atoms with E-state index in [-0.39, 0.29) is 6.61 Å². The van der Waals surface area contributed by atoms with Gasteiger partial charge in [-0.05, 0) is 50.5 Å². The summed E-state index contributed by atoms with van der Waals surface area (Å²) in [5, 5.41) is 16.4. The predicted octanol–water partition coefficient (Wildman–Crippen LogP) is 3.41. The van der Waals surface area contributed by atoms with Crippen LogP contribution in [0.1, 0.15) is 5.56 Å². The Hall–Kier alpha value is -3.20. The number of rotatable bonds is 11. The minimum absolute atomic E-state index is 0.240. The molecule has 0 saturated carbocycles. The molecule has 0 radical (unpaired) electrons. The van der Waals surface area contributed by atoms with E-state index in [2.05, 4.69) is 20.6 Å². The van der Waals surface area contributed by atoms with Crippen molar-refractivity contribution in [3.05, 3.63) is 66.4 Å². The molecule has 0 aliphatic carbocycles. The number of aliphatic hydroxyl groups is 1. The van der Waals surface area contributed by atoms with Crippen molar-refractivity contribution in [1.29, 1.82) is 0 Å². The number of benzene rings is 2. The van der Waals surface area contributed by atoms with Crippen LogP contribution in [0, 0.1) is 0 Å². The van der Waals surface area contributed by atoms with E-state index in [4.69, 9.17) is 9.47 Å². The molecule has 1 atom stereocenters. The smallest absolute Gasteiger partial charge is 0.229 e. The van der Waals surface area contributed by atoms with Gasteiger partial charge < -0.3 is 30.1 Å². The van der Waals surface area contributed by atoms with E-state index in [0.29, 0.717) is 30.7 Å². The van der Waals surface area contributed by atoms with E-state index < -0.39 is 6.10 Å². The standard InChI is InChI=1S/C23H29N5O3/c1-28(2)14-20(29)16-31-21-11-9-19(10-12-21)26-23-24-13-17(15-30-3)22(27-23)25-18-7-5-4-6-8-18/h4-13,20,29H,14-16H2,1-3H3,(H2,24,25,26,27). The molecule has 0 aliphatic rings. The van der Waals surface area contributed by atoms with Crippen molar-refractivity contribution in [2.75, 3.05) is 45.0 Å². The van der Waals surface area contributed by atoms with Crippen molar-refractivity contribution in [1.82, 2.24) is 14.9 Å². The Kier molecular flexibility index (Phi) is 8.17. The molecule has 0 fully saturated rings. The Balaban J connectivity index is 1.65. The quantitative estimate of drug-likeness (QED) is 0.432. The zero-order chi connectivity index (χ0) is 22.1. The number of methoxy groups -OCH3 is 1. The van der Waals surface area contributed by atoms with Gasteiger partial charge in [0.1, 0.15) is 24.3 Å². The highest BCUT2D eigenvalue weighted by Crippen LogP contribution is 2.23. The van der Waals surface area contributed by atoms with Gasteiger partial charge in [0, 0.05) is 36.8 Å². The van der Waals surface area contributed by atoms with Crippen LogP contribution in [-0.2, 0) is 11.3 Å². The van der Waals surface area contributed by atoms with Crippen LogP contribution in [-0.4, -0.2) is 60.4 Å². The van der Waals surface area contributed by atoms with E-state index in [1.807, 2.05) is 73.6 Å². The molecular weight excluding hydrogens is 394 g/mol. The lowest BCUT2D eigenvalue weighted by Gasteiger charge is -2.16. The first-order chi connectivity index (χ1) is 15.0. The SMILES string of the molecule is COCc1cnc(Nc2ccc(OCC(O)CN(C)C)cc2)nc1Nc1ccccc1. The molecule has 3 N–H and O–H groups in total. The second kappa shape index (κ2) is 11.3. The van der Waals surface area contributed by atoms with Gasteiger partial charge >= 0.3 is 0 Å². The molecule has 3 aromatic rings. The van der Waals surface area contributed by atoms with Crippen molar-refractivity contribution >= 4 is 23.1 Å². The maximum absolute atomic E-state index is 9.91. The summed E-state index contributed by atoms with van der Waals surface area (Å²) in [5.74, 6) is 1.83. The van der Waals surface area contributed by atoms with E-state index >= 15 is 0 Å². The van der Waals surface area contributed by atoms with Crippen LogP contribution in [0.5, 0.6) is 5.75 Å². The highest BCUT2D eigenvalue weighted by molar-refractivity contribution is 5.62. The molecule has 0 bridgehead atoms. The number of anilines is 4. The number of para-hydroxylation sites is 1. The number of likely N-dealkylation sites (N-methyl/N-ethyl adjacent to an activating group) is 1. The Labute approximate surface area is 182 Å². The molecule has 0 spiro atoms. The van der Waals surface area contributed by atoms with Gasteiger partial charge in [-0.2, -0.15) is 4.98 Å². The monoisotopic (exact) mass is 423 g/mol. The molecule has 1 unspecified atom stereocenters. The van der Waals surface area contributed by atoms with Gasteiger partial charge in [-0.25, -0.2) is 4.98 Å². The number of aromatic nitrogens is 2. The first-order valence-electron chi connectivity index (χ1n) is 10.0. The van der Waals surface area contributed by atoms with Crippen molar-refractivity contribution in [2.24, 2.45) is 0 Å². The Morgan fingerprint density at radius 1 is 1.00 bits per heavy atom. The zero-order valence-electron chi connectivity index (χ0n) is 18.1. The summed E-state index contributed by atoms with van der Waals surface area (Å²) in [6.07, 6.45) is 1.20. The summed E-state index contributed by atoms with van der Waals surface area (Å²) in [5.41, 5.74) is 2.62. The molecule has 3 rings (SSSR count). The van der Waals surface area contributed by atoms with Crippen LogP contribution >= 0.6 is 0 Å². The van der Waals surface area contributed by atoms with Gasteiger partial charge in [0.2, 0.25) is 5.95 Å². The summed E-state index contributed by atoms with van der Waals surface area (Å²) in [4.78, 5) is 10.9. The number of nitrogens with one attached hydrogen (secondary N) is 2. The summed E-state index contributed by atoms with van der Waals surface area (Å²) >= 11 is 0. The van der Waals surface area contributed by atoms with E-state index in [1.165, 1.54) is 0 Å². The molecule has 0 aliphatic heterocycles. The Morgan fingerprint density at radius 3 is 2.39 bits per heavy atom. The zero-order valence-corrected chi connectivity index (χ0v) is 18.1. The molecule has 164 valence electrons. The number of hydrogen-bond donors (Lipinski definition) is 3. The van der Waals surface area contributed by atoms with Crippen molar-refractivity contribution in [2.45, 2.75) is 12.7 Å². The summed E-state index contributed by atoms with van der Waals surface area (Å²) in [6, 6.07) is 17.3. The van der Waals surface area contributed by atoms with Gasteiger partial charge in [-0.1, -0.05) is 18.2 Å². The fourth-order valence-electron chi connectivity index (χ4n) is 2.92. The molecule has 1 heterocycles. The fraction of sp³-hybridized carbons (Fsp3) is 0.304. The molecule has 8 heteroatoms. The lowest BCUT2D eigenvalue weighted by Crippen LogP contribution is -2.30. The lowest BCUT2D eigenvalue weighted by atomic mass is 10.3. The van der Waals surface area contributed by atoms with Gasteiger partial charge in [0.15, 0.2) is 0 Å². The Bertz CT molecular complexity index is 936. The molecule has 8 nitrogen and oxygen atoms in total. The largest absolute Gasteiger partial charge is 0.491 e. The van der Waals surface area contributed by atoms with Crippen molar-refractivity contribution < 1.29 is 14.6 Å². The van der Waals surface area contributed by atoms with E-state index in [1.54, 1.807) is 13.3 Å². The molecule has 2 aromatic carbocycles. The molecule has 0 amide bonds. The third kappa shape index (κ3) is 7.21.